The van der Waals surface area contributed by atoms with Crippen LogP contribution in [-0.4, -0.2) is 23.1 Å². The van der Waals surface area contributed by atoms with Crippen LogP contribution in [0.4, 0.5) is 17.6 Å². The molecule has 0 amide bonds. The van der Waals surface area contributed by atoms with E-state index < -0.39 is 57.2 Å². The van der Waals surface area contributed by atoms with Crippen molar-refractivity contribution in [2.45, 2.75) is 75.0 Å². The Labute approximate surface area is 323 Å². The van der Waals surface area contributed by atoms with E-state index in [-0.39, 0.29) is 33.4 Å². The van der Waals surface area contributed by atoms with Crippen molar-refractivity contribution in [3.05, 3.63) is 125 Å². The Morgan fingerprint density at radius 3 is 1.11 bits per heavy atom. The van der Waals surface area contributed by atoms with Crippen molar-refractivity contribution in [1.82, 2.24) is 0 Å². The van der Waals surface area contributed by atoms with Gasteiger partial charge in [-0.25, -0.2) is 17.6 Å². The summed E-state index contributed by atoms with van der Waals surface area (Å²) in [7, 11) is 0. The number of hydrogen-bond acceptors (Lipinski definition) is 7. The molecule has 0 atom stereocenters. The molecule has 6 aliphatic carbocycles. The number of benzene rings is 2. The number of carbonyl (C=O) groups excluding carboxylic acids is 4. The number of halogens is 4. The SMILES string of the molecule is O=C1C(=CC2=Cc3sc4c(sc5c6c(sc54)C=C(C=C4C(=O)c5cc(F)c(F)cc5C4=O)C64CCCCC4)c3C23CCCCC3)C(=O)c2cc(F)c(F)cc21. The maximum absolute atomic E-state index is 14.1. The van der Waals surface area contributed by atoms with Gasteiger partial charge >= 0.3 is 0 Å². The summed E-state index contributed by atoms with van der Waals surface area (Å²) in [6.45, 7) is 0. The van der Waals surface area contributed by atoms with Crippen LogP contribution in [0.15, 0.2) is 58.7 Å². The molecule has 2 aromatic carbocycles. The van der Waals surface area contributed by atoms with Gasteiger partial charge in [-0.15, -0.1) is 34.0 Å². The van der Waals surface area contributed by atoms with Crippen molar-refractivity contribution >= 4 is 88.1 Å². The lowest BCUT2D eigenvalue weighted by Gasteiger charge is -2.37. The van der Waals surface area contributed by atoms with Gasteiger partial charge in [0.05, 0.1) is 29.9 Å². The Hall–Kier alpha value is -4.58. The molecular formula is C44H28F4O4S3. The Kier molecular flexibility index (Phi) is 7.05. The van der Waals surface area contributed by atoms with Gasteiger partial charge < -0.3 is 0 Å². The smallest absolute Gasteiger partial charge is 0.197 e. The number of Topliss-reactive ketones (excluding diaryl/α,β-unsaturated/α-hetero) is 4. The van der Waals surface area contributed by atoms with E-state index in [4.69, 9.17) is 0 Å². The second kappa shape index (κ2) is 11.5. The zero-order valence-corrected chi connectivity index (χ0v) is 31.5. The average molecular weight is 793 g/mol. The van der Waals surface area contributed by atoms with E-state index in [1.807, 2.05) is 0 Å². The Balaban J connectivity index is 1.03. The fourth-order valence-corrected chi connectivity index (χ4v) is 15.2. The first-order valence-electron chi connectivity index (χ1n) is 18.6. The van der Waals surface area contributed by atoms with Crippen LogP contribution in [0.3, 0.4) is 0 Å². The van der Waals surface area contributed by atoms with Gasteiger partial charge in [0.25, 0.3) is 0 Å². The van der Waals surface area contributed by atoms with Crippen LogP contribution in [0, 0.1) is 23.3 Å². The number of rotatable bonds is 2. The van der Waals surface area contributed by atoms with E-state index in [0.29, 0.717) is 0 Å². The first kappa shape index (κ1) is 33.7. The fourth-order valence-electron chi connectivity index (χ4n) is 10.4. The van der Waals surface area contributed by atoms with Crippen LogP contribution in [-0.2, 0) is 10.8 Å². The van der Waals surface area contributed by atoms with Gasteiger partial charge in [0.1, 0.15) is 0 Å². The molecule has 0 bridgehead atoms. The van der Waals surface area contributed by atoms with E-state index in [2.05, 4.69) is 12.2 Å². The predicted molar refractivity (Wildman–Crippen MR) is 207 cm³/mol. The molecule has 5 aromatic rings. The van der Waals surface area contributed by atoms with E-state index in [9.17, 15) is 36.7 Å². The molecule has 0 radical (unpaired) electrons. The highest BCUT2D eigenvalue weighted by Gasteiger charge is 2.49. The number of hydrogen-bond donors (Lipinski definition) is 0. The third kappa shape index (κ3) is 4.37. The number of fused-ring (bicyclic) bond motifs is 11. The van der Waals surface area contributed by atoms with E-state index in [0.717, 1.165) is 109 Å². The minimum atomic E-state index is -1.16. The highest BCUT2D eigenvalue weighted by Crippen LogP contribution is 2.64. The Morgan fingerprint density at radius 1 is 0.455 bits per heavy atom. The van der Waals surface area contributed by atoms with E-state index in [1.165, 1.54) is 29.9 Å². The van der Waals surface area contributed by atoms with E-state index >= 15 is 0 Å². The fraction of sp³-hybridized carbons (Fsp3) is 0.273. The summed E-state index contributed by atoms with van der Waals surface area (Å²) in [6.07, 6.45) is 17.1. The predicted octanol–water partition coefficient (Wildman–Crippen LogP) is 11.9. The third-order valence-electron chi connectivity index (χ3n) is 12.9. The summed E-state index contributed by atoms with van der Waals surface area (Å²) in [5, 5.41) is 0. The lowest BCUT2D eigenvalue weighted by Crippen LogP contribution is -2.29. The molecule has 2 saturated carbocycles. The van der Waals surface area contributed by atoms with Crippen LogP contribution >= 0.6 is 34.0 Å². The van der Waals surface area contributed by atoms with Gasteiger partial charge in [0, 0.05) is 42.8 Å². The zero-order valence-electron chi connectivity index (χ0n) is 29.1. The minimum absolute atomic E-state index is 0.0582. The number of thiophene rings is 3. The Bertz CT molecular complexity index is 2570. The van der Waals surface area contributed by atoms with Crippen LogP contribution in [0.5, 0.6) is 0 Å². The topological polar surface area (TPSA) is 68.3 Å². The van der Waals surface area contributed by atoms with Crippen LogP contribution < -0.4 is 0 Å². The molecule has 3 aromatic heterocycles. The quantitative estimate of drug-likeness (QED) is 0.101. The maximum Gasteiger partial charge on any atom is 0.197 e. The first-order valence-corrected chi connectivity index (χ1v) is 21.0. The number of ketones is 4. The molecule has 2 spiro atoms. The number of carbonyl (C=O) groups is 4. The molecule has 55 heavy (non-hydrogen) atoms. The normalized spacial score (nSPS) is 20.6. The molecular weight excluding hydrogens is 765 g/mol. The second-order valence-electron chi connectivity index (χ2n) is 15.6. The summed E-state index contributed by atoms with van der Waals surface area (Å²) in [6, 6.07) is 3.29. The van der Waals surface area contributed by atoms with Gasteiger partial charge in [-0.05, 0) is 96.5 Å². The van der Waals surface area contributed by atoms with Gasteiger partial charge in [0.2, 0.25) is 0 Å². The monoisotopic (exact) mass is 792 g/mol. The molecule has 4 nitrogen and oxygen atoms in total. The Morgan fingerprint density at radius 2 is 0.782 bits per heavy atom. The molecule has 0 saturated heterocycles. The van der Waals surface area contributed by atoms with Crippen molar-refractivity contribution in [1.29, 1.82) is 0 Å². The largest absolute Gasteiger partial charge is 0.288 e. The van der Waals surface area contributed by atoms with Crippen LogP contribution in [0.1, 0.15) is 127 Å². The minimum Gasteiger partial charge on any atom is -0.288 e. The van der Waals surface area contributed by atoms with Gasteiger partial charge in [-0.3, -0.25) is 19.2 Å². The van der Waals surface area contributed by atoms with Crippen LogP contribution in [0.25, 0.3) is 31.0 Å². The van der Waals surface area contributed by atoms with E-state index in [1.54, 1.807) is 46.2 Å². The molecule has 11 heteroatoms. The highest BCUT2D eigenvalue weighted by atomic mass is 32.1. The van der Waals surface area contributed by atoms with Gasteiger partial charge in [0.15, 0.2) is 46.4 Å². The molecule has 0 unspecified atom stereocenters. The lowest BCUT2D eigenvalue weighted by atomic mass is 9.67. The summed E-state index contributed by atoms with van der Waals surface area (Å²) in [5.74, 6) is -6.98. The molecule has 2 fully saturated rings. The number of allylic oxidation sites excluding steroid dienone is 6. The van der Waals surface area contributed by atoms with Gasteiger partial charge in [-0.1, -0.05) is 38.5 Å². The van der Waals surface area contributed by atoms with Crippen molar-refractivity contribution in [3.63, 3.8) is 0 Å². The highest BCUT2D eigenvalue weighted by molar-refractivity contribution is 7.39. The molecule has 11 rings (SSSR count). The van der Waals surface area contributed by atoms with Crippen LogP contribution in [0.2, 0.25) is 0 Å². The van der Waals surface area contributed by atoms with Crippen molar-refractivity contribution in [2.75, 3.05) is 0 Å². The zero-order chi connectivity index (χ0) is 37.7. The summed E-state index contributed by atoms with van der Waals surface area (Å²) in [4.78, 5) is 56.1. The van der Waals surface area contributed by atoms with Crippen molar-refractivity contribution in [2.24, 2.45) is 0 Å². The van der Waals surface area contributed by atoms with Crippen molar-refractivity contribution < 1.29 is 36.7 Å². The third-order valence-corrected chi connectivity index (χ3v) is 16.8. The molecule has 6 aliphatic rings. The summed E-state index contributed by atoms with van der Waals surface area (Å²) in [5.41, 5.74) is 2.91. The summed E-state index contributed by atoms with van der Waals surface area (Å²) >= 11 is 5.22. The molecule has 3 heterocycles. The first-order chi connectivity index (χ1) is 26.5. The lowest BCUT2D eigenvalue weighted by molar-refractivity contribution is 0.0972. The molecule has 0 N–H and O–H groups in total. The maximum atomic E-state index is 14.1. The van der Waals surface area contributed by atoms with Gasteiger partial charge in [-0.2, -0.15) is 0 Å². The second-order valence-corrected chi connectivity index (χ2v) is 18.8. The summed E-state index contributed by atoms with van der Waals surface area (Å²) < 4.78 is 61.4. The standard InChI is InChI=1S/C44H28F4O4S3/c45-27-15-21-22(16-28(27)46)36(50)25(35(21)49)11-19-13-31-33(43(19)7-3-1-4-8-43)39-41(53-31)42-40(55-39)34-32(54-42)14-20(44(34)9-5-2-6-10-44)12-26-37(51)23-17-29(47)30(48)18-24(23)38(26)52/h11-18H,1-10H2. The average Bonchev–Trinajstić information content (AvgIpc) is 4.00. The molecule has 0 aliphatic heterocycles. The van der Waals surface area contributed by atoms with Crippen molar-refractivity contribution in [3.8, 4) is 0 Å². The molecule has 274 valence electrons.